The molecule has 1 atom stereocenters. The van der Waals surface area contributed by atoms with Crippen LogP contribution in [-0.4, -0.2) is 42.5 Å². The number of nitrogens with one attached hydrogen (secondary N) is 1. The quantitative estimate of drug-likeness (QED) is 0.633. The van der Waals surface area contributed by atoms with E-state index in [9.17, 15) is 14.7 Å². The molecule has 0 bridgehead atoms. The van der Waals surface area contributed by atoms with Crippen molar-refractivity contribution in [2.24, 2.45) is 5.73 Å². The maximum absolute atomic E-state index is 12.1. The monoisotopic (exact) mass is 310 g/mol. The zero-order chi connectivity index (χ0) is 17.0. The normalized spacial score (nSPS) is 14.0. The zero-order valence-electron chi connectivity index (χ0n) is 13.2. The zero-order valence-corrected chi connectivity index (χ0v) is 13.2. The van der Waals surface area contributed by atoms with Crippen LogP contribution in [0.4, 0.5) is 0 Å². The van der Waals surface area contributed by atoms with Gasteiger partial charge >= 0.3 is 5.97 Å². The van der Waals surface area contributed by atoms with Crippen molar-refractivity contribution in [3.05, 3.63) is 29.8 Å². The van der Waals surface area contributed by atoms with E-state index < -0.39 is 23.1 Å². The highest BCUT2D eigenvalue weighted by Gasteiger charge is 2.43. The number of rotatable bonds is 7. The minimum Gasteiger partial charge on any atom is -0.496 e. The molecule has 7 heteroatoms. The second-order valence-corrected chi connectivity index (χ2v) is 5.50. The second kappa shape index (κ2) is 6.76. The van der Waals surface area contributed by atoms with E-state index in [-0.39, 0.29) is 6.42 Å². The highest BCUT2D eigenvalue weighted by Crippen LogP contribution is 2.24. The lowest BCUT2D eigenvalue weighted by atomic mass is 9.99. The fourth-order valence-corrected chi connectivity index (χ4v) is 1.85. The molecule has 22 heavy (non-hydrogen) atoms. The van der Waals surface area contributed by atoms with Crippen molar-refractivity contribution in [3.63, 3.8) is 0 Å². The molecule has 0 aromatic heterocycles. The number of hydrogen-bond acceptors (Lipinski definition) is 5. The molecule has 0 saturated heterocycles. The minimum atomic E-state index is -1.93. The third-order valence-electron chi connectivity index (χ3n) is 3.23. The van der Waals surface area contributed by atoms with Crippen molar-refractivity contribution >= 4 is 11.9 Å². The minimum absolute atomic E-state index is 0.106. The largest absolute Gasteiger partial charge is 0.496 e. The van der Waals surface area contributed by atoms with Crippen molar-refractivity contribution in [1.29, 1.82) is 0 Å². The first-order valence-electron chi connectivity index (χ1n) is 6.68. The Labute approximate surface area is 129 Å². The van der Waals surface area contributed by atoms with E-state index in [1.807, 2.05) is 0 Å². The molecular formula is C15H22N2O5. The molecule has 0 unspecified atom stereocenters. The van der Waals surface area contributed by atoms with Crippen LogP contribution in [0.1, 0.15) is 19.4 Å². The van der Waals surface area contributed by atoms with Crippen LogP contribution in [0, 0.1) is 0 Å². The van der Waals surface area contributed by atoms with Gasteiger partial charge in [0.05, 0.1) is 12.6 Å². The lowest BCUT2D eigenvalue weighted by Gasteiger charge is -2.32. The lowest BCUT2D eigenvalue weighted by Crippen LogP contribution is -2.63. The number of carbonyl (C=O) groups is 2. The van der Waals surface area contributed by atoms with Gasteiger partial charge in [-0.15, -0.1) is 0 Å². The van der Waals surface area contributed by atoms with Gasteiger partial charge in [0.25, 0.3) is 0 Å². The Hall–Kier alpha value is -2.12. The van der Waals surface area contributed by atoms with Gasteiger partial charge in [-0.25, -0.2) is 4.79 Å². The summed E-state index contributed by atoms with van der Waals surface area (Å²) in [6, 6.07) is 6.91. The van der Waals surface area contributed by atoms with E-state index in [1.54, 1.807) is 24.3 Å². The molecule has 1 aromatic rings. The molecule has 7 nitrogen and oxygen atoms in total. The standard InChI is InChI=1S/C15H22N2O5/c1-14(2,16)12(18)17-15(22-4,13(19)20)9-10-7-5-6-8-11(10)21-3/h5-8H,9,16H2,1-4H3,(H,17,18)(H,19,20)/t15-/m1/s1. The molecule has 0 aliphatic carbocycles. The fraction of sp³-hybridized carbons (Fsp3) is 0.467. The van der Waals surface area contributed by atoms with Crippen LogP contribution in [-0.2, 0) is 20.7 Å². The summed E-state index contributed by atoms with van der Waals surface area (Å²) in [7, 11) is 2.70. The van der Waals surface area contributed by atoms with Gasteiger partial charge in [-0.05, 0) is 25.5 Å². The highest BCUT2D eigenvalue weighted by molar-refractivity contribution is 5.90. The average Bonchev–Trinajstić information content (AvgIpc) is 2.45. The molecule has 122 valence electrons. The first-order valence-corrected chi connectivity index (χ1v) is 6.68. The summed E-state index contributed by atoms with van der Waals surface area (Å²) < 4.78 is 10.3. The summed E-state index contributed by atoms with van der Waals surface area (Å²) in [5.41, 5.74) is 3.13. The van der Waals surface area contributed by atoms with Crippen molar-refractivity contribution < 1.29 is 24.2 Å². The van der Waals surface area contributed by atoms with Gasteiger partial charge in [-0.2, -0.15) is 0 Å². The second-order valence-electron chi connectivity index (χ2n) is 5.50. The van der Waals surface area contributed by atoms with E-state index in [4.69, 9.17) is 15.2 Å². The number of benzene rings is 1. The molecule has 0 spiro atoms. The SMILES string of the molecule is COc1ccccc1C[C@@](NC(=O)C(C)(C)N)(OC)C(=O)O. The van der Waals surface area contributed by atoms with E-state index in [0.717, 1.165) is 0 Å². The number of hydrogen-bond donors (Lipinski definition) is 3. The summed E-state index contributed by atoms with van der Waals surface area (Å²) in [5, 5.41) is 11.9. The average molecular weight is 310 g/mol. The molecule has 4 N–H and O–H groups in total. The highest BCUT2D eigenvalue weighted by atomic mass is 16.5. The Morgan fingerprint density at radius 2 is 1.86 bits per heavy atom. The number of aliphatic carboxylic acids is 1. The Bertz CT molecular complexity index is 553. The molecule has 1 amide bonds. The summed E-state index contributed by atoms with van der Waals surface area (Å²) in [5.74, 6) is -1.45. The van der Waals surface area contributed by atoms with Crippen LogP contribution >= 0.6 is 0 Å². The van der Waals surface area contributed by atoms with E-state index in [2.05, 4.69) is 5.32 Å². The molecular weight excluding hydrogens is 288 g/mol. The predicted molar refractivity (Wildman–Crippen MR) is 80.5 cm³/mol. The fourth-order valence-electron chi connectivity index (χ4n) is 1.85. The van der Waals surface area contributed by atoms with Gasteiger partial charge in [-0.3, -0.25) is 4.79 Å². The molecule has 0 saturated carbocycles. The Morgan fingerprint density at radius 1 is 1.27 bits per heavy atom. The van der Waals surface area contributed by atoms with Gasteiger partial charge in [0.15, 0.2) is 0 Å². The molecule has 1 aromatic carbocycles. The van der Waals surface area contributed by atoms with Crippen LogP contribution in [0.3, 0.4) is 0 Å². The first kappa shape index (κ1) is 17.9. The maximum Gasteiger partial charge on any atom is 0.357 e. The number of ether oxygens (including phenoxy) is 2. The maximum atomic E-state index is 12.1. The third kappa shape index (κ3) is 3.96. The summed E-state index contributed by atoms with van der Waals surface area (Å²) in [6.45, 7) is 2.96. The van der Waals surface area contributed by atoms with Crippen molar-refractivity contribution in [3.8, 4) is 5.75 Å². The predicted octanol–water partition coefficient (Wildman–Crippen LogP) is 0.519. The number of nitrogens with two attached hydrogens (primary N) is 1. The molecule has 0 radical (unpaired) electrons. The number of carboxylic acids is 1. The lowest BCUT2D eigenvalue weighted by molar-refractivity contribution is -0.170. The summed E-state index contributed by atoms with van der Waals surface area (Å²) >= 11 is 0. The summed E-state index contributed by atoms with van der Waals surface area (Å²) in [6.07, 6.45) is -0.106. The number of amides is 1. The number of methoxy groups -OCH3 is 2. The van der Waals surface area contributed by atoms with E-state index in [1.165, 1.54) is 28.1 Å². The van der Waals surface area contributed by atoms with Gasteiger partial charge in [-0.1, -0.05) is 18.2 Å². The molecule has 0 fully saturated rings. The molecule has 0 aliphatic rings. The Kier molecular flexibility index (Phi) is 5.51. The number of carbonyl (C=O) groups excluding carboxylic acids is 1. The van der Waals surface area contributed by atoms with Gasteiger partial charge in [0.2, 0.25) is 11.6 Å². The van der Waals surface area contributed by atoms with Crippen molar-refractivity contribution in [2.45, 2.75) is 31.5 Å². The van der Waals surface area contributed by atoms with Crippen molar-refractivity contribution in [1.82, 2.24) is 5.32 Å². The van der Waals surface area contributed by atoms with Gasteiger partial charge in [0, 0.05) is 13.5 Å². The first-order chi connectivity index (χ1) is 10.2. The number of para-hydroxylation sites is 1. The Balaban J connectivity index is 3.18. The van der Waals surface area contributed by atoms with Crippen LogP contribution in [0.15, 0.2) is 24.3 Å². The van der Waals surface area contributed by atoms with Gasteiger partial charge < -0.3 is 25.6 Å². The Morgan fingerprint density at radius 3 is 2.32 bits per heavy atom. The smallest absolute Gasteiger partial charge is 0.357 e. The van der Waals surface area contributed by atoms with Crippen LogP contribution in [0.5, 0.6) is 5.75 Å². The number of carboxylic acid groups (broad SMARTS) is 1. The van der Waals surface area contributed by atoms with Crippen LogP contribution in [0.2, 0.25) is 0 Å². The van der Waals surface area contributed by atoms with Crippen LogP contribution < -0.4 is 15.8 Å². The molecule has 1 rings (SSSR count). The van der Waals surface area contributed by atoms with Crippen molar-refractivity contribution in [2.75, 3.05) is 14.2 Å². The van der Waals surface area contributed by atoms with E-state index >= 15 is 0 Å². The molecule has 0 heterocycles. The van der Waals surface area contributed by atoms with Gasteiger partial charge in [0.1, 0.15) is 5.75 Å². The third-order valence-corrected chi connectivity index (χ3v) is 3.23. The van der Waals surface area contributed by atoms with E-state index in [0.29, 0.717) is 11.3 Å². The summed E-state index contributed by atoms with van der Waals surface area (Å²) in [4.78, 5) is 23.8. The molecule has 0 aliphatic heterocycles. The topological polar surface area (TPSA) is 111 Å². The van der Waals surface area contributed by atoms with Crippen LogP contribution in [0.25, 0.3) is 0 Å².